The van der Waals surface area contributed by atoms with Crippen molar-refractivity contribution >= 4 is 36.6 Å². The lowest BCUT2D eigenvalue weighted by Gasteiger charge is -2.38. The van der Waals surface area contributed by atoms with Gasteiger partial charge in [-0.1, -0.05) is 61.2 Å². The van der Waals surface area contributed by atoms with Crippen LogP contribution in [-0.2, 0) is 6.42 Å². The average Bonchev–Trinajstić information content (AvgIpc) is 2.97. The fourth-order valence-electron chi connectivity index (χ4n) is 4.85. The Labute approximate surface area is 225 Å². The number of piperidine rings is 1. The molecule has 8 heteroatoms. The molecular weight excluding hydrogens is 472 g/mol. The second-order valence-corrected chi connectivity index (χ2v) is 9.53. The maximum Gasteiger partial charge on any atom is 0.156 e. The summed E-state index contributed by atoms with van der Waals surface area (Å²) in [5, 5.41) is 12.1. The van der Waals surface area contributed by atoms with Crippen LogP contribution in [0.15, 0.2) is 92.4 Å². The molecule has 38 heavy (non-hydrogen) atoms. The summed E-state index contributed by atoms with van der Waals surface area (Å²) in [6.45, 7) is 10.3. The van der Waals surface area contributed by atoms with E-state index in [-0.39, 0.29) is 17.8 Å². The standard InChI is InChI=1S/C30H36N8/c1-21(25-17-35-20-36-18-25)38-15-7-10-26(19-38)37-30(34-3)27(29(32)33-2)28(31)24-13-11-23(12-14-24)16-22-8-5-4-6-9-22/h4-6,8-9,11-14,17,20,25-26,32H,1-2,7,10,15-16,18-19,31H2,3H3,(H,34,37)/t25?,26-/m1/s1. The summed E-state index contributed by atoms with van der Waals surface area (Å²) < 4.78 is 0. The van der Waals surface area contributed by atoms with Gasteiger partial charge in [0.1, 0.15) is 12.2 Å². The maximum atomic E-state index is 8.52. The normalized spacial score (nSPS) is 20.0. The molecule has 4 rings (SSSR count). The van der Waals surface area contributed by atoms with Crippen LogP contribution in [0.2, 0.25) is 0 Å². The van der Waals surface area contributed by atoms with Gasteiger partial charge in [0, 0.05) is 38.1 Å². The first-order chi connectivity index (χ1) is 18.5. The number of likely N-dealkylation sites (tertiary alicyclic amines) is 1. The number of rotatable bonds is 8. The highest BCUT2D eigenvalue weighted by atomic mass is 15.2. The van der Waals surface area contributed by atoms with E-state index in [1.54, 1.807) is 13.4 Å². The number of benzene rings is 2. The summed E-state index contributed by atoms with van der Waals surface area (Å²) in [5.41, 5.74) is 11.8. The van der Waals surface area contributed by atoms with Crippen molar-refractivity contribution in [2.75, 3.05) is 26.7 Å². The third-order valence-corrected chi connectivity index (χ3v) is 6.95. The number of nitrogens with one attached hydrogen (secondary N) is 2. The summed E-state index contributed by atoms with van der Waals surface area (Å²) in [4.78, 5) is 19.1. The van der Waals surface area contributed by atoms with Crippen LogP contribution in [0.4, 0.5) is 0 Å². The SMILES string of the molecule is C=NC(=N)C(C(=NC)N[C@@H]1CCCN(C(=C)C2C=NC=NC2)C1)=C(N)c1ccc(Cc2ccccc2)cc1. The molecule has 0 aromatic heterocycles. The first-order valence-corrected chi connectivity index (χ1v) is 12.9. The second kappa shape index (κ2) is 12.8. The molecule has 196 valence electrons. The lowest BCUT2D eigenvalue weighted by Crippen LogP contribution is -2.49. The number of amidine groups is 2. The highest BCUT2D eigenvalue weighted by Gasteiger charge is 2.27. The molecule has 0 bridgehead atoms. The summed E-state index contributed by atoms with van der Waals surface area (Å²) in [6, 6.07) is 18.6. The van der Waals surface area contributed by atoms with Crippen LogP contribution < -0.4 is 11.1 Å². The summed E-state index contributed by atoms with van der Waals surface area (Å²) >= 11 is 0. The Hall–Kier alpha value is -4.33. The lowest BCUT2D eigenvalue weighted by atomic mass is 9.98. The summed E-state index contributed by atoms with van der Waals surface area (Å²) in [5.74, 6) is 0.638. The van der Waals surface area contributed by atoms with E-state index in [1.165, 1.54) is 11.1 Å². The minimum absolute atomic E-state index is 0.0164. The molecule has 1 unspecified atom stereocenters. The Balaban J connectivity index is 1.51. The van der Waals surface area contributed by atoms with E-state index in [0.29, 0.717) is 23.7 Å². The monoisotopic (exact) mass is 508 g/mol. The average molecular weight is 509 g/mol. The Kier molecular flexibility index (Phi) is 8.98. The van der Waals surface area contributed by atoms with Crippen LogP contribution in [-0.4, -0.2) is 68.6 Å². The molecule has 0 spiro atoms. The third-order valence-electron chi connectivity index (χ3n) is 6.95. The van der Waals surface area contributed by atoms with Crippen LogP contribution in [0.1, 0.15) is 29.5 Å². The van der Waals surface area contributed by atoms with Gasteiger partial charge < -0.3 is 16.0 Å². The zero-order valence-corrected chi connectivity index (χ0v) is 22.0. The van der Waals surface area contributed by atoms with E-state index >= 15 is 0 Å². The number of hydrogen-bond acceptors (Lipinski definition) is 6. The Morgan fingerprint density at radius 3 is 2.55 bits per heavy atom. The van der Waals surface area contributed by atoms with Gasteiger partial charge in [-0.15, -0.1) is 0 Å². The van der Waals surface area contributed by atoms with Gasteiger partial charge in [0.25, 0.3) is 0 Å². The molecule has 1 saturated heterocycles. The van der Waals surface area contributed by atoms with Gasteiger partial charge in [0.2, 0.25) is 0 Å². The highest BCUT2D eigenvalue weighted by Crippen LogP contribution is 2.22. The molecule has 2 heterocycles. The van der Waals surface area contributed by atoms with Gasteiger partial charge in [-0.3, -0.25) is 15.4 Å². The van der Waals surface area contributed by atoms with E-state index in [9.17, 15) is 0 Å². The molecule has 0 saturated carbocycles. The number of nitrogens with zero attached hydrogens (tertiary/aromatic N) is 5. The van der Waals surface area contributed by atoms with Crippen molar-refractivity contribution in [3.05, 3.63) is 89.1 Å². The minimum atomic E-state index is -0.0164. The van der Waals surface area contributed by atoms with E-state index in [2.05, 4.69) is 67.7 Å². The van der Waals surface area contributed by atoms with Gasteiger partial charge >= 0.3 is 0 Å². The van der Waals surface area contributed by atoms with Gasteiger partial charge in [-0.05, 0) is 42.7 Å². The van der Waals surface area contributed by atoms with Crippen LogP contribution in [0.3, 0.4) is 0 Å². The predicted octanol–water partition coefficient (Wildman–Crippen LogP) is 3.95. The number of nitrogens with two attached hydrogens (primary N) is 1. The summed E-state index contributed by atoms with van der Waals surface area (Å²) in [6.07, 6.45) is 6.32. The molecule has 1 fully saturated rings. The van der Waals surface area contributed by atoms with E-state index in [1.807, 2.05) is 36.5 Å². The second-order valence-electron chi connectivity index (χ2n) is 9.53. The Morgan fingerprint density at radius 1 is 1.16 bits per heavy atom. The largest absolute Gasteiger partial charge is 0.398 e. The molecule has 8 nitrogen and oxygen atoms in total. The van der Waals surface area contributed by atoms with Crippen LogP contribution >= 0.6 is 0 Å². The third kappa shape index (κ3) is 6.51. The predicted molar refractivity (Wildman–Crippen MR) is 160 cm³/mol. The molecule has 2 aliphatic heterocycles. The van der Waals surface area contributed by atoms with E-state index in [4.69, 9.17) is 11.1 Å². The molecular formula is C30H36N8. The van der Waals surface area contributed by atoms with Crippen molar-refractivity contribution in [2.24, 2.45) is 31.6 Å². The van der Waals surface area contributed by atoms with Gasteiger partial charge in [-0.2, -0.15) is 0 Å². The molecule has 0 amide bonds. The molecule has 0 radical (unpaired) electrons. The van der Waals surface area contributed by atoms with Gasteiger partial charge in [0.05, 0.1) is 23.7 Å². The van der Waals surface area contributed by atoms with Gasteiger partial charge in [-0.25, -0.2) is 9.98 Å². The maximum absolute atomic E-state index is 8.52. The van der Waals surface area contributed by atoms with Crippen molar-refractivity contribution in [1.29, 1.82) is 5.41 Å². The van der Waals surface area contributed by atoms with Crippen molar-refractivity contribution in [1.82, 2.24) is 10.2 Å². The number of hydrogen-bond donors (Lipinski definition) is 3. The molecule has 2 atom stereocenters. The van der Waals surface area contributed by atoms with Crippen LogP contribution in [0.5, 0.6) is 0 Å². The van der Waals surface area contributed by atoms with Crippen molar-refractivity contribution in [3.63, 3.8) is 0 Å². The first kappa shape index (κ1) is 26.7. The fourth-order valence-corrected chi connectivity index (χ4v) is 4.85. The summed E-state index contributed by atoms with van der Waals surface area (Å²) in [7, 11) is 1.70. The van der Waals surface area contributed by atoms with Crippen LogP contribution in [0, 0.1) is 11.3 Å². The van der Waals surface area contributed by atoms with Crippen molar-refractivity contribution in [2.45, 2.75) is 25.3 Å². The minimum Gasteiger partial charge on any atom is -0.398 e. The fraction of sp³-hybridized carbons (Fsp3) is 0.300. The topological polar surface area (TPSA) is 115 Å². The zero-order valence-electron chi connectivity index (χ0n) is 22.0. The quantitative estimate of drug-likeness (QED) is 0.370. The smallest absolute Gasteiger partial charge is 0.156 e. The van der Waals surface area contributed by atoms with Crippen molar-refractivity contribution < 1.29 is 0 Å². The van der Waals surface area contributed by atoms with E-state index < -0.39 is 0 Å². The van der Waals surface area contributed by atoms with Gasteiger partial charge in [0.15, 0.2) is 5.84 Å². The van der Waals surface area contributed by atoms with Crippen molar-refractivity contribution in [3.8, 4) is 0 Å². The Bertz CT molecular complexity index is 1270. The van der Waals surface area contributed by atoms with E-state index in [0.717, 1.165) is 43.6 Å². The zero-order chi connectivity index (χ0) is 26.9. The number of aliphatic imine (C=N–C) groups is 4. The first-order valence-electron chi connectivity index (χ1n) is 12.9. The highest BCUT2D eigenvalue weighted by molar-refractivity contribution is 6.27. The molecule has 4 N–H and O–H groups in total. The Morgan fingerprint density at radius 2 is 1.89 bits per heavy atom. The molecule has 2 aromatic rings. The lowest BCUT2D eigenvalue weighted by molar-refractivity contribution is 0.237. The molecule has 2 aliphatic rings. The molecule has 2 aromatic carbocycles. The molecule has 0 aliphatic carbocycles. The van der Waals surface area contributed by atoms with Crippen LogP contribution in [0.25, 0.3) is 5.70 Å².